The van der Waals surface area contributed by atoms with E-state index in [2.05, 4.69) is 400 Å². The number of rotatable bonds is 22. The SMILES string of the molecule is BrCCCCBr.CN(C)c1ccc(C(=C2C=CC(=[N+](C)C)C=C2)c2ccccc2)cc1.CN(C)c1ccc(C(c2ccccc2)c2ccc(N(C)C)cc2)cc1.CN1C(C)(C)CC(O)CC1(C)C.CN1C(C)(C)CC(OCCCCBr)CC1(C)C.CO.COCCCCOC1CC(C)(C)N(C)C(C)(C)C1.[Cl-]. The van der Waals surface area contributed by atoms with Crippen molar-refractivity contribution in [2.45, 2.75) is 218 Å². The number of aliphatic hydroxyl groups is 2. The topological polar surface area (TPSA) is 90.6 Å². The number of hydrogen-bond donors (Lipinski definition) is 2. The van der Waals surface area contributed by atoms with Crippen molar-refractivity contribution in [2.75, 3.05) is 142 Å². The van der Waals surface area contributed by atoms with Crippen LogP contribution in [0.25, 0.3) is 5.57 Å². The maximum atomic E-state index is 9.67. The normalized spacial score (nSPS) is 17.8. The zero-order chi connectivity index (χ0) is 78.9. The Labute approximate surface area is 678 Å². The molecule has 16 heteroatoms. The molecule has 2 N–H and O–H groups in total. The van der Waals surface area contributed by atoms with Crippen LogP contribution in [0.4, 0.5) is 17.1 Å². The lowest BCUT2D eigenvalue weighted by atomic mass is 9.79. The van der Waals surface area contributed by atoms with Gasteiger partial charge in [0, 0.05) is 161 Å². The number of methoxy groups -OCH3 is 1. The van der Waals surface area contributed by atoms with Crippen LogP contribution in [0, 0.1) is 0 Å². The second-order valence-electron chi connectivity index (χ2n) is 33.0. The van der Waals surface area contributed by atoms with Crippen molar-refractivity contribution >= 4 is 76.1 Å². The summed E-state index contributed by atoms with van der Waals surface area (Å²) in [6.07, 6.45) is 22.9. The molecule has 12 nitrogen and oxygen atoms in total. The molecule has 0 amide bonds. The number of halogens is 4. The second kappa shape index (κ2) is 47.9. The van der Waals surface area contributed by atoms with Crippen LogP contribution in [-0.4, -0.2) is 214 Å². The van der Waals surface area contributed by atoms with Gasteiger partial charge in [-0.15, -0.1) is 0 Å². The summed E-state index contributed by atoms with van der Waals surface area (Å²) in [5.41, 5.74) is 14.9. The van der Waals surface area contributed by atoms with Crippen LogP contribution >= 0.6 is 47.8 Å². The summed E-state index contributed by atoms with van der Waals surface area (Å²) < 4.78 is 19.3. The number of alkyl halides is 3. The highest BCUT2D eigenvalue weighted by molar-refractivity contribution is 9.09. The highest BCUT2D eigenvalue weighted by atomic mass is 79.9. The second-order valence-corrected chi connectivity index (χ2v) is 35.4. The zero-order valence-corrected chi connectivity index (χ0v) is 75.8. The minimum absolute atomic E-state index is 0. The summed E-state index contributed by atoms with van der Waals surface area (Å²) >= 11 is 10.1. The average molecular weight is 1680 g/mol. The Bertz CT molecular complexity index is 3210. The van der Waals surface area contributed by atoms with E-state index in [1.54, 1.807) is 7.11 Å². The van der Waals surface area contributed by atoms with Crippen molar-refractivity contribution in [3.63, 3.8) is 0 Å². The van der Waals surface area contributed by atoms with Gasteiger partial charge in [-0.05, 0) is 269 Å². The number of benzene rings is 5. The molecule has 596 valence electrons. The molecule has 4 aliphatic rings. The molecule has 3 heterocycles. The third-order valence-electron chi connectivity index (χ3n) is 21.3. The lowest BCUT2D eigenvalue weighted by Gasteiger charge is -2.53. The molecule has 5 aromatic carbocycles. The number of anilines is 3. The van der Waals surface area contributed by atoms with E-state index in [1.165, 1.54) is 87.4 Å². The lowest BCUT2D eigenvalue weighted by Crippen LogP contribution is -3.00. The third-order valence-corrected chi connectivity index (χ3v) is 23.0. The molecule has 9 rings (SSSR count). The van der Waals surface area contributed by atoms with Crippen LogP contribution in [-0.2, 0) is 14.2 Å². The molecule has 0 aromatic heterocycles. The van der Waals surface area contributed by atoms with Gasteiger partial charge in [0.05, 0.1) is 18.3 Å². The molecule has 5 aromatic rings. The molecule has 3 fully saturated rings. The van der Waals surface area contributed by atoms with Crippen LogP contribution in [0.1, 0.15) is 194 Å². The van der Waals surface area contributed by atoms with Gasteiger partial charge < -0.3 is 51.5 Å². The summed E-state index contributed by atoms with van der Waals surface area (Å²) in [5.74, 6) is 0.244. The highest BCUT2D eigenvalue weighted by Crippen LogP contribution is 2.41. The van der Waals surface area contributed by atoms with Crippen molar-refractivity contribution < 1.29 is 41.4 Å². The molecule has 1 aliphatic carbocycles. The summed E-state index contributed by atoms with van der Waals surface area (Å²) in [6, 6.07) is 47.8. The molecule has 3 aliphatic heterocycles. The first-order valence-electron chi connectivity index (χ1n) is 38.2. The van der Waals surface area contributed by atoms with Gasteiger partial charge in [-0.3, -0.25) is 14.7 Å². The molecule has 106 heavy (non-hydrogen) atoms. The van der Waals surface area contributed by atoms with Crippen molar-refractivity contribution in [1.82, 2.24) is 14.7 Å². The lowest BCUT2D eigenvalue weighted by molar-refractivity contribution is -0.462. The molecule has 0 spiro atoms. The number of unbranched alkanes of at least 4 members (excludes halogenated alkanes) is 3. The minimum Gasteiger partial charge on any atom is -1.00 e. The van der Waals surface area contributed by atoms with Crippen molar-refractivity contribution in [3.8, 4) is 0 Å². The van der Waals surface area contributed by atoms with E-state index >= 15 is 0 Å². The highest BCUT2D eigenvalue weighted by Gasteiger charge is 2.45. The minimum atomic E-state index is -0.133. The summed E-state index contributed by atoms with van der Waals surface area (Å²) in [4.78, 5) is 13.7. The van der Waals surface area contributed by atoms with Crippen molar-refractivity contribution in [1.29, 1.82) is 0 Å². The van der Waals surface area contributed by atoms with Gasteiger partial charge in [-0.1, -0.05) is 145 Å². The van der Waals surface area contributed by atoms with E-state index in [9.17, 15) is 5.11 Å². The van der Waals surface area contributed by atoms with E-state index in [4.69, 9.17) is 19.3 Å². The Morgan fingerprint density at radius 1 is 0.434 bits per heavy atom. The van der Waals surface area contributed by atoms with E-state index in [1.807, 2.05) is 0 Å². The number of nitrogens with zero attached hydrogens (tertiary/aromatic N) is 7. The number of allylic oxidation sites excluding steroid dienone is 5. The summed E-state index contributed by atoms with van der Waals surface area (Å²) in [5, 5.41) is 20.0. The van der Waals surface area contributed by atoms with Crippen molar-refractivity contribution in [2.24, 2.45) is 0 Å². The van der Waals surface area contributed by atoms with Gasteiger partial charge in [0.2, 0.25) is 0 Å². The van der Waals surface area contributed by atoms with Crippen LogP contribution < -0.4 is 27.1 Å². The number of aliphatic hydroxyl groups excluding tert-OH is 2. The largest absolute Gasteiger partial charge is 1.00 e. The Balaban J connectivity index is 0.000000446. The van der Waals surface area contributed by atoms with Gasteiger partial charge in [0.25, 0.3) is 0 Å². The van der Waals surface area contributed by atoms with E-state index < -0.39 is 0 Å². The van der Waals surface area contributed by atoms with E-state index in [0.717, 1.165) is 94.3 Å². The number of likely N-dealkylation sites (tertiary alicyclic amines) is 3. The van der Waals surface area contributed by atoms with E-state index in [-0.39, 0.29) is 57.7 Å². The third kappa shape index (κ3) is 32.3. The number of ether oxygens (including phenoxy) is 3. The number of hydrogen-bond acceptors (Lipinski definition) is 11. The van der Waals surface area contributed by atoms with Gasteiger partial charge in [0.1, 0.15) is 14.1 Å². The van der Waals surface area contributed by atoms with E-state index in [0.29, 0.717) is 12.2 Å². The quantitative estimate of drug-likeness (QED) is 0.0300. The summed E-state index contributed by atoms with van der Waals surface area (Å²) in [6.45, 7) is 29.9. The first-order chi connectivity index (χ1) is 49.4. The smallest absolute Gasteiger partial charge is 0.199 e. The first kappa shape index (κ1) is 97.9. The Kier molecular flexibility index (Phi) is 44.2. The maximum absolute atomic E-state index is 9.67. The monoisotopic (exact) mass is 1670 g/mol. The van der Waals surface area contributed by atoms with Gasteiger partial charge in [0.15, 0.2) is 5.71 Å². The first-order valence-corrected chi connectivity index (χ1v) is 41.6. The van der Waals surface area contributed by atoms with Gasteiger partial charge in [-0.25, -0.2) is 4.58 Å². The Hall–Kier alpha value is -4.20. The fourth-order valence-electron chi connectivity index (χ4n) is 14.5. The van der Waals surface area contributed by atoms with Crippen LogP contribution in [0.2, 0.25) is 0 Å². The fraction of sp³-hybridized carbons (Fsp3) is 0.589. The molecule has 0 atom stereocenters. The average Bonchev–Trinajstić information content (AvgIpc) is 0.771. The van der Waals surface area contributed by atoms with Crippen LogP contribution in [0.5, 0.6) is 0 Å². The molecular weight excluding hydrogens is 1530 g/mol. The molecule has 0 saturated carbocycles. The van der Waals surface area contributed by atoms with Crippen LogP contribution in [0.3, 0.4) is 0 Å². The zero-order valence-electron chi connectivity index (χ0n) is 70.3. The summed E-state index contributed by atoms with van der Waals surface area (Å²) in [7, 11) is 25.9. The molecule has 0 unspecified atom stereocenters. The Morgan fingerprint density at radius 2 is 0.726 bits per heavy atom. The molecule has 0 bridgehead atoms. The predicted octanol–water partition coefficient (Wildman–Crippen LogP) is 17.1. The fourth-order valence-corrected chi connectivity index (χ4v) is 15.6. The standard InChI is InChI=1S/C23H26N2.C23H25N2.C15H31NO2.C14H28BrNO.C10H21NO.C4H8Br2.CH4O.ClH/c2*1-24(2)21-14-10-19(11-15-21)23(18-8-6-5-7-9-18)20-12-16-22(17-13-20)25(3)4;1-14(2)11-13(12-15(3,4)16(14)5)18-10-8-7-9-17-6;1-13(2)10-12(17-9-7-6-8-15)11-14(3,4)16(13)5;1-9(2)6-8(12)7-10(3,4)11(9)5;5-3-1-2-4-6;1-2;/h5-17,23H,1-4H3;5-17H,1-4H3;13H,7-12H2,1-6H3;12H,6-11H2,1-5H3;8,12H,6-7H2,1-5H3;1-4H2;2H,1H3;1H/q;+1;;;;;;/p-1. The van der Waals surface area contributed by atoms with Gasteiger partial charge in [-0.2, -0.15) is 0 Å². The van der Waals surface area contributed by atoms with Crippen LogP contribution in [0.15, 0.2) is 163 Å². The van der Waals surface area contributed by atoms with Gasteiger partial charge >= 0.3 is 0 Å². The maximum Gasteiger partial charge on any atom is 0.199 e. The molecule has 0 radical (unpaired) electrons. The molecule has 3 saturated heterocycles. The van der Waals surface area contributed by atoms with Crippen molar-refractivity contribution in [3.05, 3.63) is 191 Å². The molecular formula is C90H143Br3ClN7O5. The Morgan fingerprint density at radius 3 is 1.06 bits per heavy atom. The predicted molar refractivity (Wildman–Crippen MR) is 468 cm³/mol. The number of piperidine rings is 3.